The van der Waals surface area contributed by atoms with E-state index < -0.39 is 10.5 Å². The van der Waals surface area contributed by atoms with Crippen molar-refractivity contribution in [3.63, 3.8) is 0 Å². The number of para-hydroxylation sites is 1. The quantitative estimate of drug-likeness (QED) is 0.397. The van der Waals surface area contributed by atoms with Gasteiger partial charge in [-0.15, -0.1) is 0 Å². The standard InChI is InChI=1S/C20H18N6O3/c1-25(2)19-7-12(13-5-3-4-6-15(13)24-19)10-21-17-9-16-14(8-18(17)26(28)29)20(27)23-11-22-16/h3-9,11,21H,10H2,1-2H3,(H,22,23,27). The van der Waals surface area contributed by atoms with Crippen LogP contribution in [0.25, 0.3) is 21.8 Å². The van der Waals surface area contributed by atoms with E-state index in [9.17, 15) is 14.9 Å². The zero-order chi connectivity index (χ0) is 20.5. The van der Waals surface area contributed by atoms with Gasteiger partial charge >= 0.3 is 0 Å². The van der Waals surface area contributed by atoms with Gasteiger partial charge in [-0.2, -0.15) is 0 Å². The van der Waals surface area contributed by atoms with Crippen LogP contribution in [0, 0.1) is 10.1 Å². The van der Waals surface area contributed by atoms with Gasteiger partial charge in [0.25, 0.3) is 11.2 Å². The second-order valence-corrected chi connectivity index (χ2v) is 6.78. The predicted molar refractivity (Wildman–Crippen MR) is 112 cm³/mol. The Hall–Kier alpha value is -4.01. The molecule has 0 radical (unpaired) electrons. The van der Waals surface area contributed by atoms with Crippen molar-refractivity contribution in [2.45, 2.75) is 6.54 Å². The number of nitrogens with zero attached hydrogens (tertiary/aromatic N) is 4. The zero-order valence-corrected chi connectivity index (χ0v) is 15.8. The van der Waals surface area contributed by atoms with Crippen LogP contribution in [0.5, 0.6) is 0 Å². The molecule has 0 aliphatic carbocycles. The summed E-state index contributed by atoms with van der Waals surface area (Å²) in [7, 11) is 3.82. The molecule has 2 N–H and O–H groups in total. The van der Waals surface area contributed by atoms with Gasteiger partial charge in [0.05, 0.1) is 27.7 Å². The number of hydrogen-bond donors (Lipinski definition) is 2. The summed E-state index contributed by atoms with van der Waals surface area (Å²) < 4.78 is 0. The van der Waals surface area contributed by atoms with E-state index in [-0.39, 0.29) is 11.1 Å². The highest BCUT2D eigenvalue weighted by atomic mass is 16.6. The molecule has 2 aromatic heterocycles. The Balaban J connectivity index is 1.78. The minimum atomic E-state index is -0.510. The number of nitro groups is 1. The van der Waals surface area contributed by atoms with Crippen molar-refractivity contribution >= 4 is 39.0 Å². The molecule has 0 atom stereocenters. The molecule has 146 valence electrons. The lowest BCUT2D eigenvalue weighted by Crippen LogP contribution is -2.12. The van der Waals surface area contributed by atoms with Crippen LogP contribution in [0.4, 0.5) is 17.2 Å². The second kappa shape index (κ2) is 7.19. The number of hydrogen-bond acceptors (Lipinski definition) is 7. The fourth-order valence-electron chi connectivity index (χ4n) is 3.19. The lowest BCUT2D eigenvalue weighted by atomic mass is 10.1. The minimum Gasteiger partial charge on any atom is -0.375 e. The van der Waals surface area contributed by atoms with Crippen molar-refractivity contribution in [3.05, 3.63) is 74.8 Å². The molecule has 0 spiro atoms. The molecule has 4 aromatic rings. The van der Waals surface area contributed by atoms with Crippen molar-refractivity contribution in [1.82, 2.24) is 15.0 Å². The number of aromatic nitrogens is 3. The normalized spacial score (nSPS) is 11.0. The maximum Gasteiger partial charge on any atom is 0.293 e. The number of benzene rings is 2. The molecule has 0 aliphatic heterocycles. The average molecular weight is 390 g/mol. The third-order valence-corrected chi connectivity index (χ3v) is 4.67. The van der Waals surface area contributed by atoms with Crippen LogP contribution in [-0.2, 0) is 6.54 Å². The SMILES string of the molecule is CN(C)c1cc(CNc2cc3nc[nH]c(=O)c3cc2[N+](=O)[O-])c2ccccc2n1. The van der Waals surface area contributed by atoms with Crippen LogP contribution >= 0.6 is 0 Å². The topological polar surface area (TPSA) is 117 Å². The fourth-order valence-corrected chi connectivity index (χ4v) is 3.19. The van der Waals surface area contributed by atoms with Gasteiger partial charge in [-0.05, 0) is 23.8 Å². The molecule has 2 heterocycles. The van der Waals surface area contributed by atoms with Gasteiger partial charge in [-0.3, -0.25) is 14.9 Å². The molecular weight excluding hydrogens is 372 g/mol. The van der Waals surface area contributed by atoms with Gasteiger partial charge in [-0.1, -0.05) is 18.2 Å². The monoisotopic (exact) mass is 390 g/mol. The maximum absolute atomic E-state index is 11.9. The summed E-state index contributed by atoms with van der Waals surface area (Å²) in [4.78, 5) is 36.1. The van der Waals surface area contributed by atoms with Crippen LogP contribution in [0.15, 0.2) is 53.6 Å². The molecule has 0 unspecified atom stereocenters. The molecule has 0 saturated carbocycles. The van der Waals surface area contributed by atoms with E-state index in [0.29, 0.717) is 17.7 Å². The minimum absolute atomic E-state index is 0.175. The van der Waals surface area contributed by atoms with Gasteiger partial charge in [0.1, 0.15) is 11.5 Å². The molecule has 0 amide bonds. The molecule has 9 heteroatoms. The molecule has 9 nitrogen and oxygen atoms in total. The smallest absolute Gasteiger partial charge is 0.293 e. The van der Waals surface area contributed by atoms with Crippen molar-refractivity contribution in [2.75, 3.05) is 24.3 Å². The van der Waals surface area contributed by atoms with Gasteiger partial charge in [0.2, 0.25) is 0 Å². The summed E-state index contributed by atoms with van der Waals surface area (Å²) in [6, 6.07) is 12.5. The number of pyridine rings is 1. The number of H-pyrrole nitrogens is 1. The first kappa shape index (κ1) is 18.4. The summed E-state index contributed by atoms with van der Waals surface area (Å²) in [5, 5.41) is 15.8. The maximum atomic E-state index is 11.9. The van der Waals surface area contributed by atoms with Gasteiger partial charge in [-0.25, -0.2) is 9.97 Å². The first-order chi connectivity index (χ1) is 13.9. The van der Waals surface area contributed by atoms with Crippen molar-refractivity contribution < 1.29 is 4.92 Å². The Morgan fingerprint density at radius 1 is 1.14 bits per heavy atom. The number of aromatic amines is 1. The molecule has 4 rings (SSSR count). The highest BCUT2D eigenvalue weighted by molar-refractivity contribution is 5.87. The summed E-state index contributed by atoms with van der Waals surface area (Å²) >= 11 is 0. The van der Waals surface area contributed by atoms with E-state index >= 15 is 0 Å². The number of nitro benzene ring substituents is 1. The van der Waals surface area contributed by atoms with E-state index in [1.807, 2.05) is 49.3 Å². The molecule has 2 aromatic carbocycles. The first-order valence-corrected chi connectivity index (χ1v) is 8.90. The Morgan fingerprint density at radius 3 is 2.69 bits per heavy atom. The highest BCUT2D eigenvalue weighted by Gasteiger charge is 2.17. The van der Waals surface area contributed by atoms with Crippen LogP contribution in [0.3, 0.4) is 0 Å². The fraction of sp³-hybridized carbons (Fsp3) is 0.150. The number of rotatable bonds is 5. The lowest BCUT2D eigenvalue weighted by molar-refractivity contribution is -0.383. The van der Waals surface area contributed by atoms with E-state index in [2.05, 4.69) is 20.3 Å². The van der Waals surface area contributed by atoms with Gasteiger partial charge < -0.3 is 15.2 Å². The highest BCUT2D eigenvalue weighted by Crippen LogP contribution is 2.29. The van der Waals surface area contributed by atoms with Crippen LogP contribution in [-0.4, -0.2) is 34.0 Å². The van der Waals surface area contributed by atoms with Gasteiger partial charge in [0, 0.05) is 32.1 Å². The molecule has 0 bridgehead atoms. The van der Waals surface area contributed by atoms with E-state index in [0.717, 1.165) is 22.3 Å². The third kappa shape index (κ3) is 3.45. The summed E-state index contributed by atoms with van der Waals surface area (Å²) in [6.07, 6.45) is 1.28. The summed E-state index contributed by atoms with van der Waals surface area (Å²) in [5.41, 5.74) is 1.88. The first-order valence-electron chi connectivity index (χ1n) is 8.90. The molecule has 29 heavy (non-hydrogen) atoms. The zero-order valence-electron chi connectivity index (χ0n) is 15.8. The number of nitrogens with one attached hydrogen (secondary N) is 2. The summed E-state index contributed by atoms with van der Waals surface area (Å²) in [5.74, 6) is 0.793. The van der Waals surface area contributed by atoms with Crippen LogP contribution < -0.4 is 15.8 Å². The molecule has 0 aliphatic rings. The predicted octanol–water partition coefficient (Wildman–Crippen LogP) is 3.06. The largest absolute Gasteiger partial charge is 0.375 e. The van der Waals surface area contributed by atoms with Crippen LogP contribution in [0.1, 0.15) is 5.56 Å². The van der Waals surface area contributed by atoms with Crippen LogP contribution in [0.2, 0.25) is 0 Å². The van der Waals surface area contributed by atoms with Crippen molar-refractivity contribution in [1.29, 1.82) is 0 Å². The molecular formula is C20H18N6O3. The lowest BCUT2D eigenvalue weighted by Gasteiger charge is -2.16. The van der Waals surface area contributed by atoms with Gasteiger partial charge in [0.15, 0.2) is 0 Å². The number of fused-ring (bicyclic) bond motifs is 2. The molecule has 0 saturated heterocycles. The Morgan fingerprint density at radius 2 is 1.93 bits per heavy atom. The number of anilines is 2. The average Bonchev–Trinajstić information content (AvgIpc) is 2.71. The van der Waals surface area contributed by atoms with E-state index in [1.165, 1.54) is 18.5 Å². The third-order valence-electron chi connectivity index (χ3n) is 4.67. The summed E-state index contributed by atoms with van der Waals surface area (Å²) in [6.45, 7) is 0.347. The molecule has 0 fully saturated rings. The second-order valence-electron chi connectivity index (χ2n) is 6.78. The van der Waals surface area contributed by atoms with E-state index in [4.69, 9.17) is 0 Å². The van der Waals surface area contributed by atoms with E-state index in [1.54, 1.807) is 0 Å². The van der Waals surface area contributed by atoms with Crippen molar-refractivity contribution in [2.24, 2.45) is 0 Å². The van der Waals surface area contributed by atoms with Crippen molar-refractivity contribution in [3.8, 4) is 0 Å². The Bertz CT molecular complexity index is 1300. The Labute approximate surface area is 165 Å². The Kier molecular flexibility index (Phi) is 4.55.